The second-order valence-corrected chi connectivity index (χ2v) is 4.83. The molecule has 2 heterocycles. The molecule has 0 atom stereocenters. The van der Waals surface area contributed by atoms with Gasteiger partial charge in [-0.15, -0.1) is 0 Å². The predicted molar refractivity (Wildman–Crippen MR) is 80.4 cm³/mol. The van der Waals surface area contributed by atoms with E-state index in [0.717, 1.165) is 36.6 Å². The first-order chi connectivity index (χ1) is 9.62. The van der Waals surface area contributed by atoms with Gasteiger partial charge in [0.15, 0.2) is 0 Å². The fourth-order valence-electron chi connectivity index (χ4n) is 2.16. The quantitative estimate of drug-likeness (QED) is 0.841. The maximum atomic E-state index is 5.81. The van der Waals surface area contributed by atoms with Gasteiger partial charge in [0.05, 0.1) is 5.69 Å². The van der Waals surface area contributed by atoms with E-state index in [9.17, 15) is 0 Å². The van der Waals surface area contributed by atoms with Crippen LogP contribution in [0.3, 0.4) is 0 Å². The zero-order chi connectivity index (χ0) is 14.5. The van der Waals surface area contributed by atoms with E-state index in [1.54, 1.807) is 6.07 Å². The highest BCUT2D eigenvalue weighted by Crippen LogP contribution is 2.13. The van der Waals surface area contributed by atoms with Crippen molar-refractivity contribution in [2.75, 3.05) is 11.1 Å². The van der Waals surface area contributed by atoms with Crippen LogP contribution in [0.2, 0.25) is 0 Å². The Hall–Kier alpha value is -2.11. The van der Waals surface area contributed by atoms with E-state index in [1.165, 1.54) is 5.56 Å². The van der Waals surface area contributed by atoms with Crippen molar-refractivity contribution in [3.05, 3.63) is 29.3 Å². The van der Waals surface area contributed by atoms with Gasteiger partial charge in [0, 0.05) is 37.8 Å². The largest absolute Gasteiger partial charge is 0.384 e. The molecule has 0 unspecified atom stereocenters. The van der Waals surface area contributed by atoms with Crippen LogP contribution in [0.4, 0.5) is 11.6 Å². The Morgan fingerprint density at radius 2 is 2.10 bits per heavy atom. The molecule has 0 amide bonds. The smallest absolute Gasteiger partial charge is 0.133 e. The Bertz CT molecular complexity index is 575. The Morgan fingerprint density at radius 1 is 1.30 bits per heavy atom. The lowest BCUT2D eigenvalue weighted by molar-refractivity contribution is 0.746. The molecule has 108 valence electrons. The van der Waals surface area contributed by atoms with Gasteiger partial charge in [-0.2, -0.15) is 5.10 Å². The minimum absolute atomic E-state index is 0.507. The predicted octanol–water partition coefficient (Wildman–Crippen LogP) is 1.92. The lowest BCUT2D eigenvalue weighted by Gasteiger charge is -2.08. The summed E-state index contributed by atoms with van der Waals surface area (Å²) < 4.78 is 1.84. The number of rotatable bonds is 6. The summed E-state index contributed by atoms with van der Waals surface area (Å²) in [7, 11) is 1.94. The molecule has 20 heavy (non-hydrogen) atoms. The molecule has 0 aromatic carbocycles. The number of nitrogens with two attached hydrogens (primary N) is 1. The average Bonchev–Trinajstić information content (AvgIpc) is 2.76. The van der Waals surface area contributed by atoms with Gasteiger partial charge >= 0.3 is 0 Å². The summed E-state index contributed by atoms with van der Waals surface area (Å²) in [4.78, 5) is 8.70. The van der Waals surface area contributed by atoms with Crippen LogP contribution in [0.25, 0.3) is 0 Å². The third kappa shape index (κ3) is 3.46. The van der Waals surface area contributed by atoms with E-state index in [4.69, 9.17) is 5.73 Å². The molecular weight excluding hydrogens is 252 g/mol. The first kappa shape index (κ1) is 14.3. The standard InChI is InChI=1S/C14H22N6/c1-4-6-13-17-12(15)7-14(18-13)16-8-10-9-20(3)19-11(10)5-2/h7,9H,4-6,8H2,1-3H3,(H3,15,16,17,18). The van der Waals surface area contributed by atoms with Gasteiger partial charge < -0.3 is 11.1 Å². The first-order valence-electron chi connectivity index (χ1n) is 7.01. The highest BCUT2D eigenvalue weighted by Gasteiger charge is 2.07. The van der Waals surface area contributed by atoms with Crippen LogP contribution in [0.15, 0.2) is 12.3 Å². The van der Waals surface area contributed by atoms with Crippen LogP contribution in [0.1, 0.15) is 37.4 Å². The van der Waals surface area contributed by atoms with E-state index in [-0.39, 0.29) is 0 Å². The van der Waals surface area contributed by atoms with Crippen LogP contribution in [-0.2, 0) is 26.4 Å². The molecule has 0 spiro atoms. The number of anilines is 2. The molecule has 0 aliphatic carbocycles. The molecule has 0 saturated heterocycles. The maximum absolute atomic E-state index is 5.81. The van der Waals surface area contributed by atoms with Gasteiger partial charge in [-0.1, -0.05) is 13.8 Å². The van der Waals surface area contributed by atoms with Gasteiger partial charge in [-0.05, 0) is 12.8 Å². The van der Waals surface area contributed by atoms with Gasteiger partial charge in [-0.25, -0.2) is 9.97 Å². The topological polar surface area (TPSA) is 81.6 Å². The molecule has 0 saturated carbocycles. The number of aryl methyl sites for hydroxylation is 3. The summed E-state index contributed by atoms with van der Waals surface area (Å²) >= 11 is 0. The molecule has 6 nitrogen and oxygen atoms in total. The second kappa shape index (κ2) is 6.36. The van der Waals surface area contributed by atoms with Crippen LogP contribution < -0.4 is 11.1 Å². The molecule has 0 bridgehead atoms. The van der Waals surface area contributed by atoms with E-state index >= 15 is 0 Å². The summed E-state index contributed by atoms with van der Waals surface area (Å²) in [5.74, 6) is 2.07. The van der Waals surface area contributed by atoms with Crippen molar-refractivity contribution < 1.29 is 0 Å². The highest BCUT2D eigenvalue weighted by atomic mass is 15.3. The van der Waals surface area contributed by atoms with Crippen molar-refractivity contribution in [2.45, 2.75) is 39.7 Å². The van der Waals surface area contributed by atoms with Crippen LogP contribution >= 0.6 is 0 Å². The maximum Gasteiger partial charge on any atom is 0.133 e. The fourth-order valence-corrected chi connectivity index (χ4v) is 2.16. The van der Waals surface area contributed by atoms with E-state index in [1.807, 2.05) is 17.9 Å². The molecule has 2 aromatic rings. The van der Waals surface area contributed by atoms with E-state index < -0.39 is 0 Å². The summed E-state index contributed by atoms with van der Waals surface area (Å²) in [6, 6.07) is 1.77. The molecular formula is C14H22N6. The molecule has 2 aromatic heterocycles. The normalized spacial score (nSPS) is 10.8. The number of nitrogen functional groups attached to an aromatic ring is 1. The Kier molecular flexibility index (Phi) is 4.55. The van der Waals surface area contributed by atoms with Gasteiger partial charge in [0.25, 0.3) is 0 Å². The number of hydrogen-bond donors (Lipinski definition) is 2. The number of nitrogens with one attached hydrogen (secondary N) is 1. The Morgan fingerprint density at radius 3 is 2.80 bits per heavy atom. The zero-order valence-corrected chi connectivity index (χ0v) is 12.3. The summed E-state index contributed by atoms with van der Waals surface area (Å²) in [5, 5.41) is 7.73. The Balaban J connectivity index is 2.10. The van der Waals surface area contributed by atoms with Crippen LogP contribution in [-0.4, -0.2) is 19.7 Å². The lowest BCUT2D eigenvalue weighted by atomic mass is 10.2. The molecule has 6 heteroatoms. The molecule has 0 fully saturated rings. The molecule has 0 aliphatic rings. The summed E-state index contributed by atoms with van der Waals surface area (Å²) in [6.07, 6.45) is 4.80. The van der Waals surface area contributed by atoms with Crippen LogP contribution in [0.5, 0.6) is 0 Å². The van der Waals surface area contributed by atoms with E-state index in [0.29, 0.717) is 12.4 Å². The molecule has 0 radical (unpaired) electrons. The SMILES string of the molecule is CCCc1nc(N)cc(NCc2cn(C)nc2CC)n1. The van der Waals surface area contributed by atoms with Crippen molar-refractivity contribution >= 4 is 11.6 Å². The average molecular weight is 274 g/mol. The van der Waals surface area contributed by atoms with Crippen LogP contribution in [0, 0.1) is 0 Å². The molecule has 3 N–H and O–H groups in total. The first-order valence-corrected chi connectivity index (χ1v) is 7.01. The third-order valence-corrected chi connectivity index (χ3v) is 3.05. The number of nitrogens with zero attached hydrogens (tertiary/aromatic N) is 4. The van der Waals surface area contributed by atoms with Crippen molar-refractivity contribution in [3.63, 3.8) is 0 Å². The van der Waals surface area contributed by atoms with Crippen molar-refractivity contribution in [3.8, 4) is 0 Å². The minimum Gasteiger partial charge on any atom is -0.384 e. The molecule has 2 rings (SSSR count). The van der Waals surface area contributed by atoms with E-state index in [2.05, 4.69) is 34.2 Å². The summed E-state index contributed by atoms with van der Waals surface area (Å²) in [6.45, 7) is 4.90. The minimum atomic E-state index is 0.507. The van der Waals surface area contributed by atoms with Crippen molar-refractivity contribution in [1.29, 1.82) is 0 Å². The monoisotopic (exact) mass is 274 g/mol. The number of aromatic nitrogens is 4. The van der Waals surface area contributed by atoms with Crippen molar-refractivity contribution in [1.82, 2.24) is 19.7 Å². The van der Waals surface area contributed by atoms with Gasteiger partial charge in [0.1, 0.15) is 17.5 Å². The second-order valence-electron chi connectivity index (χ2n) is 4.83. The zero-order valence-electron chi connectivity index (χ0n) is 12.3. The van der Waals surface area contributed by atoms with Gasteiger partial charge in [-0.3, -0.25) is 4.68 Å². The Labute approximate surface area is 119 Å². The van der Waals surface area contributed by atoms with Gasteiger partial charge in [0.2, 0.25) is 0 Å². The fraction of sp³-hybridized carbons (Fsp3) is 0.500. The highest BCUT2D eigenvalue weighted by molar-refractivity contribution is 5.45. The molecule has 0 aliphatic heterocycles. The summed E-state index contributed by atoms with van der Waals surface area (Å²) in [5.41, 5.74) is 8.10. The third-order valence-electron chi connectivity index (χ3n) is 3.05. The lowest BCUT2D eigenvalue weighted by Crippen LogP contribution is -2.07. The van der Waals surface area contributed by atoms with Crippen molar-refractivity contribution in [2.24, 2.45) is 7.05 Å². The number of hydrogen-bond acceptors (Lipinski definition) is 5.